The fraction of sp³-hybridized carbons (Fsp3) is 0.467. The van der Waals surface area contributed by atoms with E-state index in [2.05, 4.69) is 4.98 Å². The maximum Gasteiger partial charge on any atom is 0.273 e. The molecular weight excluding hydrogens is 288 g/mol. The summed E-state index contributed by atoms with van der Waals surface area (Å²) in [4.78, 5) is 18.7. The number of hydrogen-bond acceptors (Lipinski definition) is 5. The Morgan fingerprint density at radius 3 is 2.81 bits per heavy atom. The van der Waals surface area contributed by atoms with Crippen LogP contribution in [0.25, 0.3) is 10.8 Å². The molecule has 2 rings (SSSR count). The highest BCUT2D eigenvalue weighted by atomic mass is 32.1. The van der Waals surface area contributed by atoms with Gasteiger partial charge in [-0.25, -0.2) is 4.98 Å². The van der Waals surface area contributed by atoms with Crippen LogP contribution in [0.5, 0.6) is 0 Å². The predicted octanol–water partition coefficient (Wildman–Crippen LogP) is 3.03. The number of rotatable bonds is 7. The lowest BCUT2D eigenvalue weighted by atomic mass is 10.1. The molecular formula is C15H20N2O3S. The topological polar surface area (TPSA) is 66.6 Å². The third-order valence-electron chi connectivity index (χ3n) is 3.44. The molecule has 114 valence electrons. The molecule has 0 aliphatic heterocycles. The van der Waals surface area contributed by atoms with E-state index in [1.807, 2.05) is 19.9 Å². The van der Waals surface area contributed by atoms with Crippen LogP contribution in [-0.4, -0.2) is 40.1 Å². The van der Waals surface area contributed by atoms with Crippen molar-refractivity contribution in [2.75, 3.05) is 13.2 Å². The van der Waals surface area contributed by atoms with Gasteiger partial charge >= 0.3 is 0 Å². The summed E-state index contributed by atoms with van der Waals surface area (Å²) < 4.78 is 5.29. The summed E-state index contributed by atoms with van der Waals surface area (Å²) in [6, 6.07) is 3.73. The number of aromatic nitrogens is 1. The third-order valence-corrected chi connectivity index (χ3v) is 4.30. The molecule has 0 aliphatic rings. The molecule has 2 aromatic rings. The highest BCUT2D eigenvalue weighted by molar-refractivity contribution is 7.13. The van der Waals surface area contributed by atoms with E-state index in [0.717, 1.165) is 12.8 Å². The van der Waals surface area contributed by atoms with Crippen molar-refractivity contribution < 1.29 is 14.3 Å². The van der Waals surface area contributed by atoms with Crippen LogP contribution in [-0.2, 0) is 0 Å². The number of amides is 1. The van der Waals surface area contributed by atoms with Crippen molar-refractivity contribution in [2.24, 2.45) is 0 Å². The molecule has 1 N–H and O–H groups in total. The molecule has 21 heavy (non-hydrogen) atoms. The Bertz CT molecular complexity index is 561. The number of carbonyl (C=O) groups excluding carboxylic acids is 1. The Morgan fingerprint density at radius 1 is 1.48 bits per heavy atom. The van der Waals surface area contributed by atoms with Gasteiger partial charge < -0.3 is 14.4 Å². The average Bonchev–Trinajstić information content (AvgIpc) is 3.17. The van der Waals surface area contributed by atoms with Crippen molar-refractivity contribution in [1.82, 2.24) is 9.88 Å². The Kier molecular flexibility index (Phi) is 5.52. The molecule has 0 saturated carbocycles. The minimum atomic E-state index is -0.133. The summed E-state index contributed by atoms with van der Waals surface area (Å²) in [5.74, 6) is 0.530. The van der Waals surface area contributed by atoms with E-state index in [1.54, 1.807) is 22.6 Å². The van der Waals surface area contributed by atoms with Crippen LogP contribution < -0.4 is 0 Å². The summed E-state index contributed by atoms with van der Waals surface area (Å²) in [6.45, 7) is 4.37. The van der Waals surface area contributed by atoms with E-state index < -0.39 is 0 Å². The van der Waals surface area contributed by atoms with Gasteiger partial charge in [-0.1, -0.05) is 13.8 Å². The lowest BCUT2D eigenvalue weighted by Gasteiger charge is -2.29. The van der Waals surface area contributed by atoms with Crippen molar-refractivity contribution in [2.45, 2.75) is 32.7 Å². The zero-order valence-electron chi connectivity index (χ0n) is 12.3. The Balaban J connectivity index is 2.20. The molecule has 6 heteroatoms. The second-order valence-electron chi connectivity index (χ2n) is 4.71. The monoisotopic (exact) mass is 308 g/mol. The lowest BCUT2D eigenvalue weighted by Crippen LogP contribution is -2.41. The highest BCUT2D eigenvalue weighted by Gasteiger charge is 2.24. The zero-order valence-corrected chi connectivity index (χ0v) is 13.1. The number of hydrogen-bond donors (Lipinski definition) is 1. The van der Waals surface area contributed by atoms with Crippen LogP contribution in [0.15, 0.2) is 28.2 Å². The van der Waals surface area contributed by atoms with Crippen LogP contribution >= 0.6 is 11.3 Å². The second kappa shape index (κ2) is 7.38. The van der Waals surface area contributed by atoms with E-state index >= 15 is 0 Å². The fourth-order valence-corrected chi connectivity index (χ4v) is 3.08. The van der Waals surface area contributed by atoms with Gasteiger partial charge in [0.05, 0.1) is 12.9 Å². The maximum atomic E-state index is 12.6. The van der Waals surface area contributed by atoms with Gasteiger partial charge in [0.1, 0.15) is 5.69 Å². The summed E-state index contributed by atoms with van der Waals surface area (Å²) >= 11 is 1.38. The first-order valence-corrected chi connectivity index (χ1v) is 8.00. The Labute approximate surface area is 128 Å². The fourth-order valence-electron chi connectivity index (χ4n) is 2.32. The maximum absolute atomic E-state index is 12.6. The van der Waals surface area contributed by atoms with Crippen molar-refractivity contribution in [3.63, 3.8) is 0 Å². The lowest BCUT2D eigenvalue weighted by molar-refractivity contribution is 0.0617. The minimum absolute atomic E-state index is 0.0442. The van der Waals surface area contributed by atoms with Crippen LogP contribution in [0, 0.1) is 0 Å². The summed E-state index contributed by atoms with van der Waals surface area (Å²) in [7, 11) is 0. The number of aliphatic hydroxyl groups is 1. The number of furan rings is 1. The molecule has 0 aliphatic carbocycles. The second-order valence-corrected chi connectivity index (χ2v) is 5.57. The normalized spacial score (nSPS) is 11.0. The van der Waals surface area contributed by atoms with Gasteiger partial charge in [-0.2, -0.15) is 0 Å². The van der Waals surface area contributed by atoms with Gasteiger partial charge in [0.25, 0.3) is 5.91 Å². The first kappa shape index (κ1) is 15.7. The quantitative estimate of drug-likeness (QED) is 0.854. The first-order chi connectivity index (χ1) is 10.2. The summed E-state index contributed by atoms with van der Waals surface area (Å²) in [5, 5.41) is 11.6. The minimum Gasteiger partial charge on any atom is -0.462 e. The SMILES string of the molecule is CCC(CC)N(CCO)C(=O)c1csc(-c2ccco2)n1. The van der Waals surface area contributed by atoms with E-state index in [1.165, 1.54) is 11.3 Å². The smallest absolute Gasteiger partial charge is 0.273 e. The van der Waals surface area contributed by atoms with Crippen molar-refractivity contribution in [3.8, 4) is 10.8 Å². The molecule has 0 bridgehead atoms. The van der Waals surface area contributed by atoms with Gasteiger partial charge in [-0.15, -0.1) is 11.3 Å². The highest BCUT2D eigenvalue weighted by Crippen LogP contribution is 2.25. The number of carbonyl (C=O) groups is 1. The molecule has 0 saturated heterocycles. The van der Waals surface area contributed by atoms with E-state index in [4.69, 9.17) is 4.42 Å². The zero-order chi connectivity index (χ0) is 15.2. The number of thiazole rings is 1. The Morgan fingerprint density at radius 2 is 2.24 bits per heavy atom. The van der Waals surface area contributed by atoms with Gasteiger partial charge in [0, 0.05) is 18.0 Å². The molecule has 0 aromatic carbocycles. The third kappa shape index (κ3) is 3.51. The standard InChI is InChI=1S/C15H20N2O3S/c1-3-11(4-2)17(7-8-18)15(19)12-10-21-14(16-12)13-6-5-9-20-13/h5-6,9-11,18H,3-4,7-8H2,1-2H3. The van der Waals surface area contributed by atoms with Gasteiger partial charge in [0.2, 0.25) is 0 Å². The van der Waals surface area contributed by atoms with E-state index in [0.29, 0.717) is 23.0 Å². The first-order valence-electron chi connectivity index (χ1n) is 7.12. The molecule has 5 nitrogen and oxygen atoms in total. The van der Waals surface area contributed by atoms with E-state index in [-0.39, 0.29) is 18.6 Å². The van der Waals surface area contributed by atoms with Crippen LogP contribution in [0.1, 0.15) is 37.2 Å². The molecule has 0 radical (unpaired) electrons. The van der Waals surface area contributed by atoms with E-state index in [9.17, 15) is 9.90 Å². The number of aliphatic hydroxyl groups excluding tert-OH is 1. The van der Waals surface area contributed by atoms with Crippen molar-refractivity contribution in [3.05, 3.63) is 29.5 Å². The summed E-state index contributed by atoms with van der Waals surface area (Å²) in [5.41, 5.74) is 0.409. The largest absolute Gasteiger partial charge is 0.462 e. The van der Waals surface area contributed by atoms with Crippen LogP contribution in [0.4, 0.5) is 0 Å². The average molecular weight is 308 g/mol. The van der Waals surface area contributed by atoms with Gasteiger partial charge in [0.15, 0.2) is 10.8 Å². The van der Waals surface area contributed by atoms with Gasteiger partial charge in [-0.05, 0) is 25.0 Å². The molecule has 0 spiro atoms. The van der Waals surface area contributed by atoms with Crippen LogP contribution in [0.3, 0.4) is 0 Å². The molecule has 0 atom stereocenters. The van der Waals surface area contributed by atoms with Crippen molar-refractivity contribution >= 4 is 17.2 Å². The summed E-state index contributed by atoms with van der Waals surface area (Å²) in [6.07, 6.45) is 3.30. The molecule has 2 aromatic heterocycles. The van der Waals surface area contributed by atoms with Crippen LogP contribution in [0.2, 0.25) is 0 Å². The molecule has 0 fully saturated rings. The molecule has 2 heterocycles. The Hall–Kier alpha value is -1.66. The predicted molar refractivity (Wildman–Crippen MR) is 82.3 cm³/mol. The number of nitrogens with zero attached hydrogens (tertiary/aromatic N) is 2. The molecule has 0 unspecified atom stereocenters. The molecule has 1 amide bonds. The van der Waals surface area contributed by atoms with Gasteiger partial charge in [-0.3, -0.25) is 4.79 Å². The van der Waals surface area contributed by atoms with Crippen molar-refractivity contribution in [1.29, 1.82) is 0 Å².